The Kier molecular flexibility index (Phi) is 5.17. The molecule has 2 unspecified atom stereocenters. The largest absolute Gasteiger partial charge is 0.497 e. The summed E-state index contributed by atoms with van der Waals surface area (Å²) in [5, 5.41) is 9.47. The van der Waals surface area contributed by atoms with E-state index in [2.05, 4.69) is 11.9 Å². The molecule has 2 rings (SSSR count). The maximum atomic E-state index is 11.5. The SMILES string of the molecule is CCC1CCN(Cc2cc(OC)cc(C)n2)C(C(=O)O)C1. The van der Waals surface area contributed by atoms with Gasteiger partial charge in [-0.2, -0.15) is 0 Å². The van der Waals surface area contributed by atoms with Crippen LogP contribution in [0.5, 0.6) is 5.75 Å². The summed E-state index contributed by atoms with van der Waals surface area (Å²) in [6, 6.07) is 3.36. The van der Waals surface area contributed by atoms with Crippen molar-refractivity contribution in [2.45, 2.75) is 45.7 Å². The molecule has 1 saturated heterocycles. The van der Waals surface area contributed by atoms with Crippen LogP contribution in [0.4, 0.5) is 0 Å². The Morgan fingerprint density at radius 3 is 2.90 bits per heavy atom. The first kappa shape index (κ1) is 15.8. The van der Waals surface area contributed by atoms with E-state index < -0.39 is 12.0 Å². The van der Waals surface area contributed by atoms with Crippen molar-refractivity contribution in [1.29, 1.82) is 0 Å². The van der Waals surface area contributed by atoms with Gasteiger partial charge in [-0.15, -0.1) is 0 Å². The van der Waals surface area contributed by atoms with Gasteiger partial charge in [0.1, 0.15) is 11.8 Å². The monoisotopic (exact) mass is 292 g/mol. The van der Waals surface area contributed by atoms with E-state index in [0.29, 0.717) is 12.5 Å². The number of likely N-dealkylation sites (tertiary alicyclic amines) is 1. The summed E-state index contributed by atoms with van der Waals surface area (Å²) in [7, 11) is 1.63. The Hall–Kier alpha value is -1.62. The fourth-order valence-electron chi connectivity index (χ4n) is 3.01. The van der Waals surface area contributed by atoms with Gasteiger partial charge in [0.15, 0.2) is 0 Å². The lowest BCUT2D eigenvalue weighted by atomic mass is 9.89. The molecule has 1 N–H and O–H groups in total. The zero-order valence-electron chi connectivity index (χ0n) is 13.0. The lowest BCUT2D eigenvalue weighted by Gasteiger charge is -2.36. The topological polar surface area (TPSA) is 62.7 Å². The molecule has 1 aromatic rings. The van der Waals surface area contributed by atoms with Crippen molar-refractivity contribution in [3.63, 3.8) is 0 Å². The molecule has 0 aliphatic carbocycles. The molecule has 0 spiro atoms. The fourth-order valence-corrected chi connectivity index (χ4v) is 3.01. The smallest absolute Gasteiger partial charge is 0.320 e. The average molecular weight is 292 g/mol. The van der Waals surface area contributed by atoms with Crippen molar-refractivity contribution < 1.29 is 14.6 Å². The van der Waals surface area contributed by atoms with Gasteiger partial charge in [0.2, 0.25) is 0 Å². The molecule has 0 radical (unpaired) electrons. The Morgan fingerprint density at radius 1 is 1.52 bits per heavy atom. The highest BCUT2D eigenvalue weighted by Gasteiger charge is 2.32. The van der Waals surface area contributed by atoms with Crippen LogP contribution in [-0.4, -0.2) is 40.7 Å². The van der Waals surface area contributed by atoms with E-state index in [4.69, 9.17) is 4.74 Å². The quantitative estimate of drug-likeness (QED) is 0.903. The molecule has 1 aliphatic heterocycles. The molecular weight excluding hydrogens is 268 g/mol. The third-order valence-electron chi connectivity index (χ3n) is 4.27. The lowest BCUT2D eigenvalue weighted by molar-refractivity contribution is -0.145. The zero-order chi connectivity index (χ0) is 15.4. The van der Waals surface area contributed by atoms with Crippen LogP contribution in [0.3, 0.4) is 0 Å². The number of aliphatic carboxylic acids is 1. The zero-order valence-corrected chi connectivity index (χ0v) is 13.0. The summed E-state index contributed by atoms with van der Waals surface area (Å²) in [6.45, 7) is 5.43. The van der Waals surface area contributed by atoms with Crippen molar-refractivity contribution in [3.8, 4) is 5.75 Å². The van der Waals surface area contributed by atoms with E-state index in [1.807, 2.05) is 24.0 Å². The highest BCUT2D eigenvalue weighted by Crippen LogP contribution is 2.27. The Bertz CT molecular complexity index is 504. The van der Waals surface area contributed by atoms with Crippen LogP contribution in [0, 0.1) is 12.8 Å². The van der Waals surface area contributed by atoms with E-state index in [1.54, 1.807) is 7.11 Å². The first-order chi connectivity index (χ1) is 10.0. The van der Waals surface area contributed by atoms with Crippen molar-refractivity contribution in [2.75, 3.05) is 13.7 Å². The summed E-state index contributed by atoms with van der Waals surface area (Å²) in [5.41, 5.74) is 1.76. The van der Waals surface area contributed by atoms with E-state index >= 15 is 0 Å². The second kappa shape index (κ2) is 6.89. The number of aromatic nitrogens is 1. The van der Waals surface area contributed by atoms with Gasteiger partial charge in [-0.25, -0.2) is 0 Å². The minimum absolute atomic E-state index is 0.406. The van der Waals surface area contributed by atoms with Crippen LogP contribution in [0.15, 0.2) is 12.1 Å². The Morgan fingerprint density at radius 2 is 2.29 bits per heavy atom. The minimum Gasteiger partial charge on any atom is -0.497 e. The molecule has 5 heteroatoms. The van der Waals surface area contributed by atoms with Crippen LogP contribution >= 0.6 is 0 Å². The highest BCUT2D eigenvalue weighted by atomic mass is 16.5. The number of aryl methyl sites for hydroxylation is 1. The summed E-state index contributed by atoms with van der Waals surface area (Å²) >= 11 is 0. The van der Waals surface area contributed by atoms with Gasteiger partial charge in [-0.05, 0) is 32.2 Å². The van der Waals surface area contributed by atoms with Gasteiger partial charge < -0.3 is 9.84 Å². The number of nitrogens with zero attached hydrogens (tertiary/aromatic N) is 2. The molecule has 0 saturated carbocycles. The molecule has 1 fully saturated rings. The molecule has 2 atom stereocenters. The molecule has 0 amide bonds. The van der Waals surface area contributed by atoms with Crippen LogP contribution in [0.25, 0.3) is 0 Å². The number of piperidine rings is 1. The molecule has 21 heavy (non-hydrogen) atoms. The number of pyridine rings is 1. The van der Waals surface area contributed by atoms with E-state index in [0.717, 1.165) is 42.9 Å². The number of ether oxygens (including phenoxy) is 1. The predicted octanol–water partition coefficient (Wildman–Crippen LogP) is 2.47. The molecule has 1 aliphatic rings. The van der Waals surface area contributed by atoms with E-state index in [-0.39, 0.29) is 0 Å². The molecule has 0 aromatic carbocycles. The minimum atomic E-state index is -0.729. The van der Waals surface area contributed by atoms with Gasteiger partial charge in [0.05, 0.1) is 12.8 Å². The molecule has 5 nitrogen and oxygen atoms in total. The first-order valence-corrected chi connectivity index (χ1v) is 7.52. The second-order valence-corrected chi connectivity index (χ2v) is 5.76. The Balaban J connectivity index is 2.13. The van der Waals surface area contributed by atoms with Gasteiger partial charge in [-0.3, -0.25) is 14.7 Å². The molecular formula is C16H24N2O3. The van der Waals surface area contributed by atoms with Crippen molar-refractivity contribution in [2.24, 2.45) is 5.92 Å². The molecule has 1 aromatic heterocycles. The summed E-state index contributed by atoms with van der Waals surface area (Å²) in [6.07, 6.45) is 2.84. The number of carboxylic acids is 1. The Labute approximate surface area is 125 Å². The highest BCUT2D eigenvalue weighted by molar-refractivity contribution is 5.73. The van der Waals surface area contributed by atoms with Crippen LogP contribution in [0.2, 0.25) is 0 Å². The summed E-state index contributed by atoms with van der Waals surface area (Å²) < 4.78 is 5.26. The lowest BCUT2D eigenvalue weighted by Crippen LogP contribution is -2.46. The van der Waals surface area contributed by atoms with E-state index in [1.165, 1.54) is 0 Å². The molecule has 116 valence electrons. The molecule has 2 heterocycles. The van der Waals surface area contributed by atoms with Gasteiger partial charge in [0, 0.05) is 24.4 Å². The number of hydrogen-bond acceptors (Lipinski definition) is 4. The number of methoxy groups -OCH3 is 1. The van der Waals surface area contributed by atoms with Crippen LogP contribution < -0.4 is 4.74 Å². The normalized spacial score (nSPS) is 23.0. The number of carboxylic acid groups (broad SMARTS) is 1. The third-order valence-corrected chi connectivity index (χ3v) is 4.27. The second-order valence-electron chi connectivity index (χ2n) is 5.76. The standard InChI is InChI=1S/C16H24N2O3/c1-4-12-5-6-18(15(8-12)16(19)20)10-13-9-14(21-3)7-11(2)17-13/h7,9,12,15H,4-6,8,10H2,1-3H3,(H,19,20). The van der Waals surface area contributed by atoms with Crippen LogP contribution in [-0.2, 0) is 11.3 Å². The van der Waals surface area contributed by atoms with E-state index in [9.17, 15) is 9.90 Å². The summed E-state index contributed by atoms with van der Waals surface area (Å²) in [4.78, 5) is 18.0. The first-order valence-electron chi connectivity index (χ1n) is 7.52. The van der Waals surface area contributed by atoms with Gasteiger partial charge >= 0.3 is 5.97 Å². The maximum Gasteiger partial charge on any atom is 0.320 e. The maximum absolute atomic E-state index is 11.5. The number of carbonyl (C=O) groups is 1. The molecule has 0 bridgehead atoms. The van der Waals surface area contributed by atoms with Crippen molar-refractivity contribution >= 4 is 5.97 Å². The fraction of sp³-hybridized carbons (Fsp3) is 0.625. The van der Waals surface area contributed by atoms with Crippen molar-refractivity contribution in [3.05, 3.63) is 23.5 Å². The third kappa shape index (κ3) is 3.94. The van der Waals surface area contributed by atoms with Crippen molar-refractivity contribution in [1.82, 2.24) is 9.88 Å². The van der Waals surface area contributed by atoms with Gasteiger partial charge in [0.25, 0.3) is 0 Å². The van der Waals surface area contributed by atoms with Gasteiger partial charge in [-0.1, -0.05) is 13.3 Å². The summed E-state index contributed by atoms with van der Waals surface area (Å²) in [5.74, 6) is 0.558. The predicted molar refractivity (Wildman–Crippen MR) is 80.4 cm³/mol. The number of rotatable bonds is 5. The van der Waals surface area contributed by atoms with Crippen LogP contribution in [0.1, 0.15) is 37.6 Å². The average Bonchev–Trinajstić information content (AvgIpc) is 2.46. The number of hydrogen-bond donors (Lipinski definition) is 1.